The van der Waals surface area contributed by atoms with Gasteiger partial charge in [0, 0.05) is 17.7 Å². The number of carbonyl (C=O) groups excluding carboxylic acids is 1. The van der Waals surface area contributed by atoms with E-state index in [2.05, 4.69) is 10.5 Å². The molecular formula is C20H19N3O5. The third-order valence-electron chi connectivity index (χ3n) is 4.24. The fourth-order valence-electron chi connectivity index (χ4n) is 2.79. The van der Waals surface area contributed by atoms with Crippen molar-refractivity contribution in [3.05, 3.63) is 47.5 Å². The van der Waals surface area contributed by atoms with Crippen LogP contribution in [0.25, 0.3) is 0 Å². The SMILES string of the molecule is COc1cc(C2=NOC(C(=O)Nc3ccc(C#N)cc3)C2)cc(OC)c1OC. The Balaban J connectivity index is 1.72. The van der Waals surface area contributed by atoms with E-state index in [1.807, 2.05) is 6.07 Å². The number of benzene rings is 2. The van der Waals surface area contributed by atoms with E-state index in [-0.39, 0.29) is 5.91 Å². The van der Waals surface area contributed by atoms with Gasteiger partial charge in [0.05, 0.1) is 38.7 Å². The molecule has 1 aliphatic rings. The Morgan fingerprint density at radius 2 is 1.79 bits per heavy atom. The van der Waals surface area contributed by atoms with Gasteiger partial charge in [0.1, 0.15) is 0 Å². The van der Waals surface area contributed by atoms with Crippen molar-refractivity contribution in [2.45, 2.75) is 12.5 Å². The number of amides is 1. The molecule has 0 fully saturated rings. The number of rotatable bonds is 6. The predicted molar refractivity (Wildman–Crippen MR) is 102 cm³/mol. The van der Waals surface area contributed by atoms with E-state index in [4.69, 9.17) is 24.3 Å². The van der Waals surface area contributed by atoms with Crippen LogP contribution >= 0.6 is 0 Å². The summed E-state index contributed by atoms with van der Waals surface area (Å²) in [7, 11) is 4.59. The summed E-state index contributed by atoms with van der Waals surface area (Å²) in [6.07, 6.45) is -0.467. The van der Waals surface area contributed by atoms with Crippen molar-refractivity contribution in [2.75, 3.05) is 26.6 Å². The molecular weight excluding hydrogens is 362 g/mol. The van der Waals surface area contributed by atoms with Crippen molar-refractivity contribution in [3.63, 3.8) is 0 Å². The fraction of sp³-hybridized carbons (Fsp3) is 0.250. The lowest BCUT2D eigenvalue weighted by Crippen LogP contribution is -2.28. The van der Waals surface area contributed by atoms with Gasteiger partial charge < -0.3 is 24.4 Å². The number of nitrogens with one attached hydrogen (secondary N) is 1. The summed E-state index contributed by atoms with van der Waals surface area (Å²) < 4.78 is 16.0. The largest absolute Gasteiger partial charge is 0.493 e. The highest BCUT2D eigenvalue weighted by Crippen LogP contribution is 2.39. The molecule has 0 spiro atoms. The number of oxime groups is 1. The van der Waals surface area contributed by atoms with Crippen LogP contribution in [0, 0.1) is 11.3 Å². The van der Waals surface area contributed by atoms with Gasteiger partial charge in [-0.25, -0.2) is 0 Å². The zero-order valence-corrected chi connectivity index (χ0v) is 15.7. The van der Waals surface area contributed by atoms with E-state index in [0.717, 1.165) is 0 Å². The van der Waals surface area contributed by atoms with E-state index >= 15 is 0 Å². The van der Waals surface area contributed by atoms with Gasteiger partial charge in [0.2, 0.25) is 11.9 Å². The van der Waals surface area contributed by atoms with Crippen LogP contribution in [0.15, 0.2) is 41.6 Å². The van der Waals surface area contributed by atoms with Crippen LogP contribution in [0.3, 0.4) is 0 Å². The van der Waals surface area contributed by atoms with Gasteiger partial charge in [-0.3, -0.25) is 4.79 Å². The minimum absolute atomic E-state index is 0.292. The highest BCUT2D eigenvalue weighted by Gasteiger charge is 2.30. The molecule has 8 nitrogen and oxygen atoms in total. The highest BCUT2D eigenvalue weighted by molar-refractivity contribution is 6.06. The van der Waals surface area contributed by atoms with E-state index in [1.54, 1.807) is 36.4 Å². The molecule has 1 aliphatic heterocycles. The van der Waals surface area contributed by atoms with Crippen molar-refractivity contribution in [1.82, 2.24) is 0 Å². The zero-order chi connectivity index (χ0) is 20.1. The normalized spacial score (nSPS) is 15.1. The van der Waals surface area contributed by atoms with Crippen LogP contribution < -0.4 is 19.5 Å². The van der Waals surface area contributed by atoms with E-state index in [9.17, 15) is 4.79 Å². The second-order valence-corrected chi connectivity index (χ2v) is 5.93. The standard InChI is InChI=1S/C20H19N3O5/c1-25-16-8-13(9-17(26-2)19(16)27-3)15-10-18(28-23-15)20(24)22-14-6-4-12(11-21)5-7-14/h4-9,18H,10H2,1-3H3,(H,22,24). The Morgan fingerprint density at radius 1 is 1.14 bits per heavy atom. The van der Waals surface area contributed by atoms with E-state index in [0.29, 0.717) is 46.2 Å². The first-order valence-electron chi connectivity index (χ1n) is 8.43. The average molecular weight is 381 g/mol. The van der Waals surface area contributed by atoms with Crippen molar-refractivity contribution in [2.24, 2.45) is 5.16 Å². The first kappa shape index (κ1) is 19.0. The molecule has 144 valence electrons. The van der Waals surface area contributed by atoms with Crippen LogP contribution in [0.4, 0.5) is 5.69 Å². The van der Waals surface area contributed by atoms with Crippen molar-refractivity contribution >= 4 is 17.3 Å². The topological polar surface area (TPSA) is 102 Å². The summed E-state index contributed by atoms with van der Waals surface area (Å²) in [5.41, 5.74) is 2.40. The maximum absolute atomic E-state index is 12.4. The first-order valence-corrected chi connectivity index (χ1v) is 8.43. The minimum Gasteiger partial charge on any atom is -0.493 e. The zero-order valence-electron chi connectivity index (χ0n) is 15.7. The molecule has 1 unspecified atom stereocenters. The van der Waals surface area contributed by atoms with Gasteiger partial charge in [-0.05, 0) is 36.4 Å². The number of ether oxygens (including phenoxy) is 3. The van der Waals surface area contributed by atoms with Gasteiger partial charge >= 0.3 is 0 Å². The molecule has 2 aromatic rings. The van der Waals surface area contributed by atoms with Gasteiger partial charge in [-0.15, -0.1) is 0 Å². The van der Waals surface area contributed by atoms with Gasteiger partial charge in [0.15, 0.2) is 11.5 Å². The molecule has 28 heavy (non-hydrogen) atoms. The number of anilines is 1. The van der Waals surface area contributed by atoms with E-state index in [1.165, 1.54) is 21.3 Å². The quantitative estimate of drug-likeness (QED) is 0.825. The smallest absolute Gasteiger partial charge is 0.268 e. The van der Waals surface area contributed by atoms with Gasteiger partial charge in [0.25, 0.3) is 5.91 Å². The summed E-state index contributed by atoms with van der Waals surface area (Å²) in [5.74, 6) is 1.13. The summed E-state index contributed by atoms with van der Waals surface area (Å²) in [6, 6.07) is 12.1. The number of hydrogen-bond donors (Lipinski definition) is 1. The Morgan fingerprint density at radius 3 is 2.32 bits per heavy atom. The molecule has 0 bridgehead atoms. The molecule has 0 radical (unpaired) electrons. The Kier molecular flexibility index (Phi) is 5.65. The molecule has 1 N–H and O–H groups in total. The molecule has 1 amide bonds. The predicted octanol–water partition coefficient (Wildman–Crippen LogP) is 2.72. The summed E-state index contributed by atoms with van der Waals surface area (Å²) in [5, 5.41) is 15.6. The van der Waals surface area contributed by atoms with Crippen LogP contribution in [-0.2, 0) is 9.63 Å². The van der Waals surface area contributed by atoms with E-state index < -0.39 is 6.10 Å². The number of nitrogens with zero attached hydrogens (tertiary/aromatic N) is 2. The van der Waals surface area contributed by atoms with Crippen LogP contribution in [0.1, 0.15) is 17.5 Å². The van der Waals surface area contributed by atoms with Gasteiger partial charge in [-0.2, -0.15) is 5.26 Å². The molecule has 0 saturated carbocycles. The summed E-state index contributed by atoms with van der Waals surface area (Å²) in [4.78, 5) is 17.8. The van der Waals surface area contributed by atoms with Crippen LogP contribution in [0.2, 0.25) is 0 Å². The van der Waals surface area contributed by atoms with Gasteiger partial charge in [-0.1, -0.05) is 5.16 Å². The third-order valence-corrected chi connectivity index (χ3v) is 4.24. The number of hydrogen-bond acceptors (Lipinski definition) is 7. The number of nitriles is 1. The summed E-state index contributed by atoms with van der Waals surface area (Å²) >= 11 is 0. The number of methoxy groups -OCH3 is 3. The second-order valence-electron chi connectivity index (χ2n) is 5.93. The summed E-state index contributed by atoms with van der Waals surface area (Å²) in [6.45, 7) is 0. The first-order chi connectivity index (χ1) is 13.6. The van der Waals surface area contributed by atoms with Crippen LogP contribution in [0.5, 0.6) is 17.2 Å². The average Bonchev–Trinajstić information content (AvgIpc) is 3.23. The van der Waals surface area contributed by atoms with Crippen LogP contribution in [-0.4, -0.2) is 39.1 Å². The lowest BCUT2D eigenvalue weighted by Gasteiger charge is -2.14. The maximum atomic E-state index is 12.4. The molecule has 3 rings (SSSR count). The minimum atomic E-state index is -0.760. The maximum Gasteiger partial charge on any atom is 0.268 e. The molecule has 1 heterocycles. The third kappa shape index (κ3) is 3.83. The lowest BCUT2D eigenvalue weighted by molar-refractivity contribution is -0.125. The van der Waals surface area contributed by atoms with Crippen molar-refractivity contribution < 1.29 is 23.8 Å². The number of carbonyl (C=O) groups is 1. The second kappa shape index (κ2) is 8.31. The van der Waals surface area contributed by atoms with Crippen molar-refractivity contribution in [1.29, 1.82) is 5.26 Å². The molecule has 1 atom stereocenters. The van der Waals surface area contributed by atoms with Crippen molar-refractivity contribution in [3.8, 4) is 23.3 Å². The molecule has 0 saturated heterocycles. The Bertz CT molecular complexity index is 922. The molecule has 0 aliphatic carbocycles. The Hall–Kier alpha value is -3.73. The molecule has 0 aromatic heterocycles. The fourth-order valence-corrected chi connectivity index (χ4v) is 2.79. The monoisotopic (exact) mass is 381 g/mol. The lowest BCUT2D eigenvalue weighted by atomic mass is 10.0. The Labute approximate surface area is 162 Å². The molecule has 8 heteroatoms. The highest BCUT2D eigenvalue weighted by atomic mass is 16.6. The molecule has 2 aromatic carbocycles.